The van der Waals surface area contributed by atoms with Gasteiger partial charge < -0.3 is 14.2 Å². The van der Waals surface area contributed by atoms with Gasteiger partial charge in [0.2, 0.25) is 0 Å². The number of esters is 3. The monoisotopic (exact) mass is 1040 g/mol. The zero-order chi connectivity index (χ0) is 54.3. The molecule has 6 heteroatoms. The highest BCUT2D eigenvalue weighted by molar-refractivity contribution is 5.71. The van der Waals surface area contributed by atoms with Crippen LogP contribution in [-0.2, 0) is 28.6 Å². The fourth-order valence-corrected chi connectivity index (χ4v) is 9.06. The molecule has 1 atom stereocenters. The second-order valence-electron chi connectivity index (χ2n) is 21.3. The molecule has 0 aliphatic carbocycles. The van der Waals surface area contributed by atoms with E-state index in [0.29, 0.717) is 19.3 Å². The van der Waals surface area contributed by atoms with E-state index in [1.54, 1.807) is 0 Å². The lowest BCUT2D eigenvalue weighted by Crippen LogP contribution is -2.30. The molecule has 0 aromatic rings. The van der Waals surface area contributed by atoms with Gasteiger partial charge in [0.1, 0.15) is 13.2 Å². The smallest absolute Gasteiger partial charge is 0.306 e. The summed E-state index contributed by atoms with van der Waals surface area (Å²) in [6.07, 6.45) is 83.3. The van der Waals surface area contributed by atoms with Crippen LogP contribution >= 0.6 is 0 Å². The highest BCUT2D eigenvalue weighted by Gasteiger charge is 2.19. The van der Waals surface area contributed by atoms with Gasteiger partial charge in [0, 0.05) is 19.3 Å². The third-order valence-corrected chi connectivity index (χ3v) is 13.8. The first-order valence-corrected chi connectivity index (χ1v) is 32.1. The Balaban J connectivity index is 4.13. The number of carbonyl (C=O) groups excluding carboxylic acids is 3. The molecule has 0 N–H and O–H groups in total. The molecule has 0 fully saturated rings. The molecule has 1 unspecified atom stereocenters. The van der Waals surface area contributed by atoms with Crippen LogP contribution in [0.25, 0.3) is 0 Å². The van der Waals surface area contributed by atoms with Crippen LogP contribution in [0.15, 0.2) is 85.1 Å². The van der Waals surface area contributed by atoms with Crippen molar-refractivity contribution in [2.24, 2.45) is 0 Å². The largest absolute Gasteiger partial charge is 0.462 e. The number of rotatable bonds is 58. The molecular formula is C69H120O6. The van der Waals surface area contributed by atoms with Gasteiger partial charge in [-0.15, -0.1) is 0 Å². The van der Waals surface area contributed by atoms with Crippen LogP contribution in [0.2, 0.25) is 0 Å². The van der Waals surface area contributed by atoms with Crippen molar-refractivity contribution in [2.75, 3.05) is 13.2 Å². The lowest BCUT2D eigenvalue weighted by molar-refractivity contribution is -0.167. The van der Waals surface area contributed by atoms with Crippen LogP contribution in [0.1, 0.15) is 316 Å². The molecule has 0 aromatic heterocycles. The molecular weight excluding hydrogens is 925 g/mol. The van der Waals surface area contributed by atoms with Crippen molar-refractivity contribution in [1.29, 1.82) is 0 Å². The average Bonchev–Trinajstić information content (AvgIpc) is 3.41. The first-order chi connectivity index (χ1) is 37.0. The Morgan fingerprint density at radius 2 is 0.547 bits per heavy atom. The maximum absolute atomic E-state index is 12.9. The molecule has 0 aliphatic heterocycles. The Hall–Kier alpha value is -3.41. The summed E-state index contributed by atoms with van der Waals surface area (Å²) in [4.78, 5) is 38.2. The molecule has 0 bridgehead atoms. The van der Waals surface area contributed by atoms with Gasteiger partial charge >= 0.3 is 17.9 Å². The Morgan fingerprint density at radius 3 is 0.880 bits per heavy atom. The molecule has 0 rings (SSSR count). The standard InChI is InChI=1S/C69H120O6/c1-4-7-10-13-16-19-22-24-26-28-29-30-31-32-33-34-35-36-37-38-39-40-41-42-44-45-47-50-53-56-59-62-68(71)74-65-66(64-73-67(70)61-58-55-52-49-21-18-15-12-9-6-3)75-69(72)63-60-57-54-51-48-46-43-27-25-23-20-17-14-11-8-5-2/h7,10,12,15-16,19-20,23-24,26-27,29-30,43,66H,4-6,8-9,11,13-14,17-18,21-22,25,28,31-42,44-65H2,1-3H3/b10-7-,15-12-,19-16-,23-20-,26-24-,30-29-,43-27-. The van der Waals surface area contributed by atoms with E-state index in [4.69, 9.17) is 14.2 Å². The Labute approximate surface area is 465 Å². The van der Waals surface area contributed by atoms with Gasteiger partial charge in [-0.25, -0.2) is 0 Å². The third kappa shape index (κ3) is 61.3. The number of carbonyl (C=O) groups is 3. The number of ether oxygens (including phenoxy) is 3. The predicted octanol–water partition coefficient (Wildman–Crippen LogP) is 21.9. The summed E-state index contributed by atoms with van der Waals surface area (Å²) in [6, 6.07) is 0. The molecule has 0 aliphatic rings. The van der Waals surface area contributed by atoms with E-state index in [-0.39, 0.29) is 31.1 Å². The van der Waals surface area contributed by atoms with Gasteiger partial charge in [0.15, 0.2) is 6.10 Å². The van der Waals surface area contributed by atoms with Crippen molar-refractivity contribution >= 4 is 17.9 Å². The second kappa shape index (κ2) is 63.1. The fraction of sp³-hybridized carbons (Fsp3) is 0.754. The fourth-order valence-electron chi connectivity index (χ4n) is 9.06. The van der Waals surface area contributed by atoms with Crippen molar-refractivity contribution in [3.05, 3.63) is 85.1 Å². The normalized spacial score (nSPS) is 12.6. The summed E-state index contributed by atoms with van der Waals surface area (Å²) in [5.74, 6) is -0.896. The van der Waals surface area contributed by atoms with E-state index >= 15 is 0 Å². The van der Waals surface area contributed by atoms with E-state index < -0.39 is 6.10 Å². The second-order valence-corrected chi connectivity index (χ2v) is 21.3. The predicted molar refractivity (Wildman–Crippen MR) is 325 cm³/mol. The molecule has 0 saturated heterocycles. The summed E-state index contributed by atoms with van der Waals surface area (Å²) in [5, 5.41) is 0. The number of unbranched alkanes of at least 4 members (excludes halogenated alkanes) is 33. The summed E-state index contributed by atoms with van der Waals surface area (Å²) in [5.41, 5.74) is 0. The van der Waals surface area contributed by atoms with E-state index in [0.717, 1.165) is 122 Å². The van der Waals surface area contributed by atoms with Crippen molar-refractivity contribution in [3.63, 3.8) is 0 Å². The minimum Gasteiger partial charge on any atom is -0.462 e. The summed E-state index contributed by atoms with van der Waals surface area (Å²) in [6.45, 7) is 6.46. The number of hydrogen-bond donors (Lipinski definition) is 0. The molecule has 0 aromatic carbocycles. The van der Waals surface area contributed by atoms with Crippen LogP contribution in [0, 0.1) is 0 Å². The van der Waals surface area contributed by atoms with Gasteiger partial charge in [-0.05, 0) is 109 Å². The maximum atomic E-state index is 12.9. The summed E-state index contributed by atoms with van der Waals surface area (Å²) >= 11 is 0. The molecule has 432 valence electrons. The average molecular weight is 1050 g/mol. The first kappa shape index (κ1) is 71.6. The third-order valence-electron chi connectivity index (χ3n) is 13.8. The van der Waals surface area contributed by atoms with E-state index in [2.05, 4.69) is 106 Å². The van der Waals surface area contributed by atoms with Crippen LogP contribution in [-0.4, -0.2) is 37.2 Å². The van der Waals surface area contributed by atoms with E-state index in [9.17, 15) is 14.4 Å². The Kier molecular flexibility index (Phi) is 60.3. The Morgan fingerprint density at radius 1 is 0.280 bits per heavy atom. The molecule has 6 nitrogen and oxygen atoms in total. The SMILES string of the molecule is CC/C=C\C/C=C\C/C=C\C/C=C\CCCCCCCCCCCCCCCCCCCCC(=O)OCC(COC(=O)CCCCCCC/C=C\CCC)OC(=O)CCCCCCC/C=C\C/C=C\CCCCCC. The highest BCUT2D eigenvalue weighted by atomic mass is 16.6. The number of allylic oxidation sites excluding steroid dienone is 14. The van der Waals surface area contributed by atoms with Crippen LogP contribution in [0.5, 0.6) is 0 Å². The van der Waals surface area contributed by atoms with E-state index in [1.807, 2.05) is 0 Å². The van der Waals surface area contributed by atoms with Crippen molar-refractivity contribution in [3.8, 4) is 0 Å². The molecule has 0 heterocycles. The van der Waals surface area contributed by atoms with Crippen molar-refractivity contribution < 1.29 is 28.6 Å². The zero-order valence-electron chi connectivity index (χ0n) is 49.6. The summed E-state index contributed by atoms with van der Waals surface area (Å²) < 4.78 is 16.9. The minimum absolute atomic E-state index is 0.0819. The van der Waals surface area contributed by atoms with Crippen LogP contribution in [0.4, 0.5) is 0 Å². The molecule has 0 amide bonds. The lowest BCUT2D eigenvalue weighted by Gasteiger charge is -2.18. The topological polar surface area (TPSA) is 78.9 Å². The summed E-state index contributed by atoms with van der Waals surface area (Å²) in [7, 11) is 0. The number of hydrogen-bond acceptors (Lipinski definition) is 6. The maximum Gasteiger partial charge on any atom is 0.306 e. The molecule has 0 spiro atoms. The van der Waals surface area contributed by atoms with E-state index in [1.165, 1.54) is 154 Å². The van der Waals surface area contributed by atoms with Gasteiger partial charge in [-0.1, -0.05) is 273 Å². The zero-order valence-corrected chi connectivity index (χ0v) is 49.6. The molecule has 0 radical (unpaired) electrons. The molecule has 0 saturated carbocycles. The van der Waals surface area contributed by atoms with Crippen molar-refractivity contribution in [1.82, 2.24) is 0 Å². The van der Waals surface area contributed by atoms with Gasteiger partial charge in [-0.2, -0.15) is 0 Å². The van der Waals surface area contributed by atoms with Gasteiger partial charge in [-0.3, -0.25) is 14.4 Å². The van der Waals surface area contributed by atoms with Gasteiger partial charge in [0.05, 0.1) is 0 Å². The molecule has 75 heavy (non-hydrogen) atoms. The quantitative estimate of drug-likeness (QED) is 0.0261. The minimum atomic E-state index is -0.785. The van der Waals surface area contributed by atoms with Crippen LogP contribution < -0.4 is 0 Å². The Bertz CT molecular complexity index is 1430. The highest BCUT2D eigenvalue weighted by Crippen LogP contribution is 2.17. The van der Waals surface area contributed by atoms with Crippen molar-refractivity contribution in [2.45, 2.75) is 322 Å². The van der Waals surface area contributed by atoms with Gasteiger partial charge in [0.25, 0.3) is 0 Å². The van der Waals surface area contributed by atoms with Crippen LogP contribution in [0.3, 0.4) is 0 Å². The lowest BCUT2D eigenvalue weighted by atomic mass is 10.0. The first-order valence-electron chi connectivity index (χ1n) is 32.1.